The van der Waals surface area contributed by atoms with Crippen LogP contribution in [0.5, 0.6) is 0 Å². The molecule has 0 fully saturated rings. The maximum absolute atomic E-state index is 13.0. The highest BCUT2D eigenvalue weighted by molar-refractivity contribution is 5.77. The second-order valence-electron chi connectivity index (χ2n) is 4.14. The molecule has 1 unspecified atom stereocenters. The van der Waals surface area contributed by atoms with Crippen LogP contribution in [0.25, 0.3) is 0 Å². The minimum absolute atomic E-state index is 0.0452. The van der Waals surface area contributed by atoms with Gasteiger partial charge in [-0.25, -0.2) is 4.39 Å². The number of hydrogen-bond donors (Lipinski definition) is 3. The lowest BCUT2D eigenvalue weighted by molar-refractivity contribution is -0.121. The summed E-state index contributed by atoms with van der Waals surface area (Å²) < 4.78 is 13.0. The quantitative estimate of drug-likeness (QED) is 0.689. The van der Waals surface area contributed by atoms with Gasteiger partial charge in [-0.15, -0.1) is 0 Å². The maximum atomic E-state index is 13.0. The summed E-state index contributed by atoms with van der Waals surface area (Å²) in [6, 6.07) is 5.92. The van der Waals surface area contributed by atoms with E-state index in [-0.39, 0.29) is 24.2 Å². The molecule has 1 atom stereocenters. The number of rotatable bonds is 7. The molecule has 0 saturated carbocycles. The van der Waals surface area contributed by atoms with Crippen molar-refractivity contribution in [3.63, 3.8) is 0 Å². The first-order valence-corrected chi connectivity index (χ1v) is 6.14. The number of nitrogens with one attached hydrogen (secondary N) is 2. The molecule has 5 heteroatoms. The molecule has 0 aliphatic heterocycles. The van der Waals surface area contributed by atoms with Crippen molar-refractivity contribution < 1.29 is 9.18 Å². The fraction of sp³-hybridized carbons (Fsp3) is 0.462. The van der Waals surface area contributed by atoms with Crippen LogP contribution in [0.15, 0.2) is 24.3 Å². The topological polar surface area (TPSA) is 67.2 Å². The van der Waals surface area contributed by atoms with Gasteiger partial charge in [0.15, 0.2) is 0 Å². The lowest BCUT2D eigenvalue weighted by Gasteiger charge is -2.17. The van der Waals surface area contributed by atoms with Crippen molar-refractivity contribution >= 4 is 11.6 Å². The largest absolute Gasteiger partial charge is 0.380 e. The van der Waals surface area contributed by atoms with Gasteiger partial charge in [0, 0.05) is 31.2 Å². The summed E-state index contributed by atoms with van der Waals surface area (Å²) in [4.78, 5) is 11.5. The molecular weight excluding hydrogens is 233 g/mol. The molecule has 1 amide bonds. The summed E-state index contributed by atoms with van der Waals surface area (Å²) in [7, 11) is 0. The Morgan fingerprint density at radius 3 is 2.89 bits per heavy atom. The van der Waals surface area contributed by atoms with Gasteiger partial charge in [-0.05, 0) is 24.6 Å². The summed E-state index contributed by atoms with van der Waals surface area (Å²) in [6.07, 6.45) is 1.18. The summed E-state index contributed by atoms with van der Waals surface area (Å²) >= 11 is 0. The van der Waals surface area contributed by atoms with Gasteiger partial charge in [0.05, 0.1) is 0 Å². The van der Waals surface area contributed by atoms with Crippen molar-refractivity contribution in [2.75, 3.05) is 18.4 Å². The number of benzene rings is 1. The second-order valence-corrected chi connectivity index (χ2v) is 4.14. The Morgan fingerprint density at radius 2 is 2.28 bits per heavy atom. The predicted molar refractivity (Wildman–Crippen MR) is 70.8 cm³/mol. The molecular formula is C13H20FN3O. The van der Waals surface area contributed by atoms with Gasteiger partial charge in [-0.3, -0.25) is 4.79 Å². The van der Waals surface area contributed by atoms with E-state index in [0.717, 1.165) is 6.42 Å². The predicted octanol–water partition coefficient (Wildman–Crippen LogP) is 1.48. The lowest BCUT2D eigenvalue weighted by Crippen LogP contribution is -2.36. The van der Waals surface area contributed by atoms with E-state index < -0.39 is 0 Å². The third-order valence-electron chi connectivity index (χ3n) is 2.48. The number of amides is 1. The standard InChI is InChI=1S/C13H20FN3O/c1-2-6-16-13(18)8-12(9-15)17-11-5-3-4-10(14)7-11/h3-5,7,12,17H,2,6,8-9,15H2,1H3,(H,16,18). The number of carbonyl (C=O) groups excluding carboxylic acids is 1. The van der Waals surface area contributed by atoms with E-state index >= 15 is 0 Å². The van der Waals surface area contributed by atoms with Crippen LogP contribution in [0.4, 0.5) is 10.1 Å². The van der Waals surface area contributed by atoms with Crippen LogP contribution < -0.4 is 16.4 Å². The SMILES string of the molecule is CCCNC(=O)CC(CN)Nc1cccc(F)c1. The number of hydrogen-bond acceptors (Lipinski definition) is 3. The van der Waals surface area contributed by atoms with Gasteiger partial charge >= 0.3 is 0 Å². The third kappa shape index (κ3) is 5.14. The molecule has 1 rings (SSSR count). The lowest BCUT2D eigenvalue weighted by atomic mass is 10.1. The summed E-state index contributed by atoms with van der Waals surface area (Å²) in [5.74, 6) is -0.359. The van der Waals surface area contributed by atoms with Crippen LogP contribution in [0, 0.1) is 5.82 Å². The Kier molecular flexibility index (Phi) is 6.14. The van der Waals surface area contributed by atoms with Crippen molar-refractivity contribution in [1.29, 1.82) is 0 Å². The highest BCUT2D eigenvalue weighted by Crippen LogP contribution is 2.11. The first-order chi connectivity index (χ1) is 8.65. The molecule has 4 nitrogen and oxygen atoms in total. The molecule has 4 N–H and O–H groups in total. The zero-order valence-corrected chi connectivity index (χ0v) is 10.6. The van der Waals surface area contributed by atoms with Crippen LogP contribution >= 0.6 is 0 Å². The zero-order chi connectivity index (χ0) is 13.4. The van der Waals surface area contributed by atoms with Crippen molar-refractivity contribution in [1.82, 2.24) is 5.32 Å². The van der Waals surface area contributed by atoms with Gasteiger partial charge in [0.1, 0.15) is 5.82 Å². The van der Waals surface area contributed by atoms with E-state index in [9.17, 15) is 9.18 Å². The molecule has 0 aliphatic carbocycles. The number of carbonyl (C=O) groups is 1. The summed E-state index contributed by atoms with van der Waals surface area (Å²) in [5, 5.41) is 5.84. The first-order valence-electron chi connectivity index (χ1n) is 6.14. The summed E-state index contributed by atoms with van der Waals surface area (Å²) in [6.45, 7) is 2.97. The van der Waals surface area contributed by atoms with E-state index in [4.69, 9.17) is 5.73 Å². The smallest absolute Gasteiger partial charge is 0.222 e. The Labute approximate surface area is 107 Å². The highest BCUT2D eigenvalue weighted by atomic mass is 19.1. The molecule has 0 aliphatic rings. The average molecular weight is 253 g/mol. The van der Waals surface area contributed by atoms with Crippen LogP contribution in [0.1, 0.15) is 19.8 Å². The Hall–Kier alpha value is -1.62. The zero-order valence-electron chi connectivity index (χ0n) is 10.6. The van der Waals surface area contributed by atoms with Crippen LogP contribution in [0.2, 0.25) is 0 Å². The van der Waals surface area contributed by atoms with Crippen molar-refractivity contribution in [3.8, 4) is 0 Å². The Balaban J connectivity index is 2.49. The second kappa shape index (κ2) is 7.66. The summed E-state index contributed by atoms with van der Waals surface area (Å²) in [5.41, 5.74) is 6.23. The Bertz CT molecular complexity index is 384. The number of nitrogens with two attached hydrogens (primary N) is 1. The molecule has 0 heterocycles. The van der Waals surface area contributed by atoms with Gasteiger partial charge in [0.2, 0.25) is 5.91 Å². The number of halogens is 1. The molecule has 0 spiro atoms. The molecule has 1 aromatic carbocycles. The van der Waals surface area contributed by atoms with Gasteiger partial charge in [-0.2, -0.15) is 0 Å². The van der Waals surface area contributed by atoms with Crippen LogP contribution in [-0.2, 0) is 4.79 Å². The molecule has 100 valence electrons. The first kappa shape index (κ1) is 14.4. The fourth-order valence-electron chi connectivity index (χ4n) is 1.57. The van der Waals surface area contributed by atoms with Crippen molar-refractivity contribution in [2.45, 2.75) is 25.8 Å². The number of anilines is 1. The molecule has 18 heavy (non-hydrogen) atoms. The van der Waals surface area contributed by atoms with Crippen molar-refractivity contribution in [2.24, 2.45) is 5.73 Å². The normalized spacial score (nSPS) is 11.9. The van der Waals surface area contributed by atoms with Crippen molar-refractivity contribution in [3.05, 3.63) is 30.1 Å². The van der Waals surface area contributed by atoms with E-state index in [1.807, 2.05) is 6.92 Å². The van der Waals surface area contributed by atoms with E-state index in [1.165, 1.54) is 12.1 Å². The molecule has 0 saturated heterocycles. The van der Waals surface area contributed by atoms with E-state index in [1.54, 1.807) is 12.1 Å². The molecule has 0 aromatic heterocycles. The molecule has 0 radical (unpaired) electrons. The van der Waals surface area contributed by atoms with E-state index in [0.29, 0.717) is 18.8 Å². The Morgan fingerprint density at radius 1 is 1.50 bits per heavy atom. The molecule has 0 bridgehead atoms. The van der Waals surface area contributed by atoms with Crippen LogP contribution in [0.3, 0.4) is 0 Å². The average Bonchev–Trinajstić information content (AvgIpc) is 2.35. The van der Waals surface area contributed by atoms with Gasteiger partial charge in [-0.1, -0.05) is 13.0 Å². The monoisotopic (exact) mass is 253 g/mol. The third-order valence-corrected chi connectivity index (χ3v) is 2.48. The van der Waals surface area contributed by atoms with Gasteiger partial charge in [0.25, 0.3) is 0 Å². The highest BCUT2D eigenvalue weighted by Gasteiger charge is 2.11. The minimum Gasteiger partial charge on any atom is -0.380 e. The van der Waals surface area contributed by atoms with Gasteiger partial charge < -0.3 is 16.4 Å². The minimum atomic E-state index is -0.314. The van der Waals surface area contributed by atoms with E-state index in [2.05, 4.69) is 10.6 Å². The van der Waals surface area contributed by atoms with Crippen LogP contribution in [-0.4, -0.2) is 25.0 Å². The maximum Gasteiger partial charge on any atom is 0.222 e. The molecule has 1 aromatic rings. The fourth-order valence-corrected chi connectivity index (χ4v) is 1.57.